The maximum Gasteiger partial charge on any atom is 0.254 e. The van der Waals surface area contributed by atoms with Gasteiger partial charge in [-0.3, -0.25) is 4.79 Å². The van der Waals surface area contributed by atoms with Gasteiger partial charge < -0.3 is 20.9 Å². The lowest BCUT2D eigenvalue weighted by Crippen LogP contribution is -2.44. The average molecular weight is 368 g/mol. The standard InChI is InChI=1S/C22H28N2O3/c23-20(14-16-8-3-1-4-9-16)21(25)22(26)24-17-10-7-13-19(15-17)27-18-11-5-2-6-12-18/h2,5-7,10-13,15-16,20-21,25H,1,3-4,8-9,14,23H2,(H,24,26)/t20-,21?/m1/s1. The second-order valence-corrected chi connectivity index (χ2v) is 7.28. The molecule has 0 bridgehead atoms. The minimum Gasteiger partial charge on any atom is -0.457 e. The Labute approximate surface area is 160 Å². The van der Waals surface area contributed by atoms with Crippen molar-refractivity contribution in [3.8, 4) is 11.5 Å². The summed E-state index contributed by atoms with van der Waals surface area (Å²) < 4.78 is 5.77. The molecule has 1 unspecified atom stereocenters. The van der Waals surface area contributed by atoms with Crippen molar-refractivity contribution >= 4 is 11.6 Å². The molecule has 144 valence electrons. The van der Waals surface area contributed by atoms with Crippen molar-refractivity contribution in [1.82, 2.24) is 0 Å². The van der Waals surface area contributed by atoms with E-state index in [2.05, 4.69) is 5.32 Å². The van der Waals surface area contributed by atoms with Crippen molar-refractivity contribution in [2.45, 2.75) is 50.7 Å². The van der Waals surface area contributed by atoms with Crippen molar-refractivity contribution in [2.24, 2.45) is 11.7 Å². The van der Waals surface area contributed by atoms with Crippen molar-refractivity contribution in [2.75, 3.05) is 5.32 Å². The highest BCUT2D eigenvalue weighted by molar-refractivity contribution is 5.94. The fourth-order valence-corrected chi connectivity index (χ4v) is 3.61. The topological polar surface area (TPSA) is 84.6 Å². The first-order valence-corrected chi connectivity index (χ1v) is 9.69. The van der Waals surface area contributed by atoms with Crippen LogP contribution in [0.1, 0.15) is 38.5 Å². The van der Waals surface area contributed by atoms with E-state index in [1.54, 1.807) is 18.2 Å². The molecule has 1 amide bonds. The molecule has 0 radical (unpaired) electrons. The van der Waals surface area contributed by atoms with Crippen molar-refractivity contribution in [3.63, 3.8) is 0 Å². The molecule has 1 fully saturated rings. The quantitative estimate of drug-likeness (QED) is 0.688. The van der Waals surface area contributed by atoms with E-state index < -0.39 is 18.1 Å². The van der Waals surface area contributed by atoms with Crippen LogP contribution in [0, 0.1) is 5.92 Å². The Morgan fingerprint density at radius 3 is 2.52 bits per heavy atom. The van der Waals surface area contributed by atoms with E-state index in [-0.39, 0.29) is 0 Å². The highest BCUT2D eigenvalue weighted by Gasteiger charge is 2.26. The van der Waals surface area contributed by atoms with Crippen molar-refractivity contribution in [3.05, 3.63) is 54.6 Å². The number of aliphatic hydroxyl groups excluding tert-OH is 1. The Hall–Kier alpha value is -2.37. The monoisotopic (exact) mass is 368 g/mol. The Kier molecular flexibility index (Phi) is 6.85. The van der Waals surface area contributed by atoms with E-state index in [9.17, 15) is 9.90 Å². The largest absolute Gasteiger partial charge is 0.457 e. The van der Waals surface area contributed by atoms with Gasteiger partial charge >= 0.3 is 0 Å². The predicted octanol–water partition coefficient (Wildman–Crippen LogP) is 4.08. The molecular weight excluding hydrogens is 340 g/mol. The third kappa shape index (κ3) is 5.81. The number of aliphatic hydroxyl groups is 1. The minimum absolute atomic E-state index is 0.477. The van der Waals surface area contributed by atoms with E-state index in [0.717, 1.165) is 18.6 Å². The summed E-state index contributed by atoms with van der Waals surface area (Å²) in [7, 11) is 0. The van der Waals surface area contributed by atoms with E-state index in [0.29, 0.717) is 23.8 Å². The van der Waals surface area contributed by atoms with Gasteiger partial charge in [0.25, 0.3) is 5.91 Å². The number of anilines is 1. The third-order valence-corrected chi connectivity index (χ3v) is 5.08. The lowest BCUT2D eigenvalue weighted by atomic mass is 9.84. The summed E-state index contributed by atoms with van der Waals surface area (Å²) in [6.45, 7) is 0. The fourth-order valence-electron chi connectivity index (χ4n) is 3.61. The van der Waals surface area contributed by atoms with E-state index >= 15 is 0 Å². The van der Waals surface area contributed by atoms with Crippen LogP contribution in [0.2, 0.25) is 0 Å². The number of nitrogens with one attached hydrogen (secondary N) is 1. The first-order chi connectivity index (χ1) is 13.1. The van der Waals surface area contributed by atoms with Crippen LogP contribution in [-0.2, 0) is 4.79 Å². The average Bonchev–Trinajstić information content (AvgIpc) is 2.69. The molecule has 0 heterocycles. The summed E-state index contributed by atoms with van der Waals surface area (Å²) in [6.07, 6.45) is 5.46. The van der Waals surface area contributed by atoms with Gasteiger partial charge in [-0.25, -0.2) is 0 Å². The maximum atomic E-state index is 12.4. The van der Waals surface area contributed by atoms with Crippen LogP contribution in [0.4, 0.5) is 5.69 Å². The highest BCUT2D eigenvalue weighted by atomic mass is 16.5. The van der Waals surface area contributed by atoms with E-state index in [1.807, 2.05) is 36.4 Å². The number of para-hydroxylation sites is 1. The normalized spacial score (nSPS) is 17.1. The first-order valence-electron chi connectivity index (χ1n) is 9.69. The number of hydrogen-bond donors (Lipinski definition) is 3. The number of benzene rings is 2. The van der Waals surface area contributed by atoms with Crippen molar-refractivity contribution < 1.29 is 14.6 Å². The Morgan fingerprint density at radius 1 is 1.07 bits per heavy atom. The summed E-state index contributed by atoms with van der Waals surface area (Å²) in [4.78, 5) is 12.4. The predicted molar refractivity (Wildman–Crippen MR) is 107 cm³/mol. The molecule has 0 aliphatic heterocycles. The lowest BCUT2D eigenvalue weighted by Gasteiger charge is -2.26. The number of hydrogen-bond acceptors (Lipinski definition) is 4. The van der Waals surface area contributed by atoms with Crippen LogP contribution in [0.15, 0.2) is 54.6 Å². The Morgan fingerprint density at radius 2 is 1.78 bits per heavy atom. The molecule has 4 N–H and O–H groups in total. The molecule has 0 spiro atoms. The summed E-state index contributed by atoms with van der Waals surface area (Å²) in [5, 5.41) is 13.1. The van der Waals surface area contributed by atoms with Crippen molar-refractivity contribution in [1.29, 1.82) is 0 Å². The van der Waals surface area contributed by atoms with Crippen LogP contribution in [0.5, 0.6) is 11.5 Å². The summed E-state index contributed by atoms with van der Waals surface area (Å²) in [5.74, 6) is 1.37. The van der Waals surface area contributed by atoms with Gasteiger partial charge in [0.2, 0.25) is 0 Å². The molecule has 0 saturated heterocycles. The molecule has 2 aromatic carbocycles. The summed E-state index contributed by atoms with van der Waals surface area (Å²) in [6, 6.07) is 16.0. The SMILES string of the molecule is N[C@H](CC1CCCCC1)C(O)C(=O)Nc1cccc(Oc2ccccc2)c1. The molecule has 1 aliphatic rings. The van der Waals surface area contributed by atoms with Crippen LogP contribution >= 0.6 is 0 Å². The van der Waals surface area contributed by atoms with Gasteiger partial charge in [0.05, 0.1) is 0 Å². The molecule has 0 aromatic heterocycles. The molecule has 5 nitrogen and oxygen atoms in total. The van der Waals surface area contributed by atoms with Gasteiger partial charge in [0.15, 0.2) is 0 Å². The smallest absolute Gasteiger partial charge is 0.254 e. The van der Waals surface area contributed by atoms with E-state index in [1.165, 1.54) is 19.3 Å². The maximum absolute atomic E-state index is 12.4. The number of rotatable bonds is 7. The van der Waals surface area contributed by atoms with E-state index in [4.69, 9.17) is 10.5 Å². The number of amides is 1. The molecule has 2 aromatic rings. The Balaban J connectivity index is 1.55. The minimum atomic E-state index is -1.22. The third-order valence-electron chi connectivity index (χ3n) is 5.08. The summed E-state index contributed by atoms with van der Waals surface area (Å²) in [5.41, 5.74) is 6.67. The molecule has 5 heteroatoms. The zero-order chi connectivity index (χ0) is 19.1. The summed E-state index contributed by atoms with van der Waals surface area (Å²) >= 11 is 0. The number of ether oxygens (including phenoxy) is 1. The second kappa shape index (κ2) is 9.53. The number of carbonyl (C=O) groups is 1. The molecular formula is C22H28N2O3. The molecule has 3 rings (SSSR count). The van der Waals surface area contributed by atoms with Gasteiger partial charge in [-0.15, -0.1) is 0 Å². The van der Waals surface area contributed by atoms with Crippen LogP contribution < -0.4 is 15.8 Å². The zero-order valence-electron chi connectivity index (χ0n) is 15.5. The Bertz CT molecular complexity index is 729. The molecule has 1 aliphatic carbocycles. The first kappa shape index (κ1) is 19.4. The highest BCUT2D eigenvalue weighted by Crippen LogP contribution is 2.28. The van der Waals surface area contributed by atoms with Crippen LogP contribution in [0.25, 0.3) is 0 Å². The van der Waals surface area contributed by atoms with Gasteiger partial charge in [-0.2, -0.15) is 0 Å². The van der Waals surface area contributed by atoms with Crippen LogP contribution in [-0.4, -0.2) is 23.2 Å². The van der Waals surface area contributed by atoms with Crippen LogP contribution in [0.3, 0.4) is 0 Å². The van der Waals surface area contributed by atoms with Gasteiger partial charge in [0, 0.05) is 17.8 Å². The molecule has 27 heavy (non-hydrogen) atoms. The van der Waals surface area contributed by atoms with Gasteiger partial charge in [-0.1, -0.05) is 56.4 Å². The van der Waals surface area contributed by atoms with Gasteiger partial charge in [-0.05, 0) is 36.6 Å². The molecule has 1 saturated carbocycles. The molecule has 2 atom stereocenters. The number of carbonyl (C=O) groups excluding carboxylic acids is 1. The number of nitrogens with two attached hydrogens (primary N) is 1. The zero-order valence-corrected chi connectivity index (χ0v) is 15.5. The van der Waals surface area contributed by atoms with Gasteiger partial charge in [0.1, 0.15) is 17.6 Å². The second-order valence-electron chi connectivity index (χ2n) is 7.28. The lowest BCUT2D eigenvalue weighted by molar-refractivity contribution is -0.125. The fraction of sp³-hybridized carbons (Fsp3) is 0.409.